The van der Waals surface area contributed by atoms with Gasteiger partial charge in [0.25, 0.3) is 0 Å². The maximum Gasteiger partial charge on any atom is 0.226 e. The van der Waals surface area contributed by atoms with Gasteiger partial charge < -0.3 is 4.52 Å². The molecule has 1 aromatic rings. The molecule has 0 saturated carbocycles. The number of alkyl halides is 1. The lowest BCUT2D eigenvalue weighted by molar-refractivity contribution is 0.373. The molecule has 3 nitrogen and oxygen atoms in total. The summed E-state index contributed by atoms with van der Waals surface area (Å²) < 4.78 is 5.75. The number of aryl methyl sites for hydroxylation is 1. The highest BCUT2D eigenvalue weighted by molar-refractivity contribution is 14.1. The van der Waals surface area contributed by atoms with Crippen molar-refractivity contribution >= 4 is 22.6 Å². The summed E-state index contributed by atoms with van der Waals surface area (Å²) in [6.45, 7) is 2.09. The highest BCUT2D eigenvalue weighted by Gasteiger charge is 2.01. The minimum Gasteiger partial charge on any atom is -0.339 e. The normalized spacial score (nSPS) is 10.2. The zero-order valence-electron chi connectivity index (χ0n) is 5.80. The van der Waals surface area contributed by atoms with Gasteiger partial charge in [-0.3, -0.25) is 0 Å². The second-order valence-electron chi connectivity index (χ2n) is 1.99. The van der Waals surface area contributed by atoms with Gasteiger partial charge in [0.05, 0.1) is 4.43 Å². The van der Waals surface area contributed by atoms with Crippen LogP contribution in [0.1, 0.15) is 25.1 Å². The van der Waals surface area contributed by atoms with Crippen LogP contribution < -0.4 is 0 Å². The van der Waals surface area contributed by atoms with Crippen LogP contribution in [0, 0.1) is 0 Å². The molecule has 0 atom stereocenters. The van der Waals surface area contributed by atoms with E-state index in [4.69, 9.17) is 4.52 Å². The molecule has 0 bridgehead atoms. The van der Waals surface area contributed by atoms with Gasteiger partial charge in [-0.25, -0.2) is 0 Å². The molecule has 0 radical (unpaired) electrons. The van der Waals surface area contributed by atoms with Crippen LogP contribution in [0.25, 0.3) is 0 Å². The third-order valence-electron chi connectivity index (χ3n) is 1.09. The highest BCUT2D eigenvalue weighted by Crippen LogP contribution is 2.03. The molecule has 0 fully saturated rings. The molecule has 0 amide bonds. The number of hydrogen-bond donors (Lipinski definition) is 0. The number of nitrogens with zero attached hydrogens (tertiary/aromatic N) is 2. The van der Waals surface area contributed by atoms with E-state index < -0.39 is 0 Å². The Morgan fingerprint density at radius 2 is 2.40 bits per heavy atom. The Labute approximate surface area is 73.3 Å². The summed E-state index contributed by atoms with van der Waals surface area (Å²) in [4.78, 5) is 4.13. The van der Waals surface area contributed by atoms with Crippen molar-refractivity contribution in [3.05, 3.63) is 11.7 Å². The van der Waals surface area contributed by atoms with E-state index in [2.05, 4.69) is 39.7 Å². The SMILES string of the molecule is CCCc1nc(CI)no1. The van der Waals surface area contributed by atoms with Crippen LogP contribution >= 0.6 is 22.6 Å². The van der Waals surface area contributed by atoms with Crippen LogP contribution in [0.4, 0.5) is 0 Å². The number of aromatic nitrogens is 2. The number of hydrogen-bond acceptors (Lipinski definition) is 3. The zero-order valence-corrected chi connectivity index (χ0v) is 7.96. The predicted octanol–water partition coefficient (Wildman–Crippen LogP) is 1.96. The molecule has 0 aliphatic heterocycles. The second-order valence-corrected chi connectivity index (χ2v) is 2.75. The quantitative estimate of drug-likeness (QED) is 0.609. The lowest BCUT2D eigenvalue weighted by Gasteiger charge is -1.82. The smallest absolute Gasteiger partial charge is 0.226 e. The minimum absolute atomic E-state index is 0.758. The van der Waals surface area contributed by atoms with Crippen LogP contribution in [0.3, 0.4) is 0 Å². The Morgan fingerprint density at radius 3 is 2.90 bits per heavy atom. The monoisotopic (exact) mass is 252 g/mol. The molecule has 10 heavy (non-hydrogen) atoms. The molecule has 0 aliphatic carbocycles. The van der Waals surface area contributed by atoms with Crippen LogP contribution in [-0.2, 0) is 10.8 Å². The van der Waals surface area contributed by atoms with Gasteiger partial charge in [-0.2, -0.15) is 4.98 Å². The van der Waals surface area contributed by atoms with Crippen LogP contribution in [0.5, 0.6) is 0 Å². The summed E-state index contributed by atoms with van der Waals surface area (Å²) in [5, 5.41) is 3.76. The zero-order chi connectivity index (χ0) is 7.40. The summed E-state index contributed by atoms with van der Waals surface area (Å²) in [6, 6.07) is 0. The Balaban J connectivity index is 2.59. The van der Waals surface area contributed by atoms with Gasteiger partial charge in [0, 0.05) is 6.42 Å². The van der Waals surface area contributed by atoms with Crippen molar-refractivity contribution in [1.82, 2.24) is 10.1 Å². The van der Waals surface area contributed by atoms with Crippen molar-refractivity contribution in [3.63, 3.8) is 0 Å². The number of rotatable bonds is 3. The molecule has 4 heteroatoms. The van der Waals surface area contributed by atoms with Crippen molar-refractivity contribution in [2.24, 2.45) is 0 Å². The molecular weight excluding hydrogens is 243 g/mol. The summed E-state index contributed by atoms with van der Waals surface area (Å²) in [5.41, 5.74) is 0. The molecule has 0 saturated heterocycles. The van der Waals surface area contributed by atoms with Gasteiger partial charge in [0.2, 0.25) is 5.89 Å². The Morgan fingerprint density at radius 1 is 1.60 bits per heavy atom. The van der Waals surface area contributed by atoms with E-state index in [1.54, 1.807) is 0 Å². The summed E-state index contributed by atoms with van der Waals surface area (Å²) in [6.07, 6.45) is 1.95. The predicted molar refractivity (Wildman–Crippen MR) is 46.0 cm³/mol. The second kappa shape index (κ2) is 3.90. The van der Waals surface area contributed by atoms with Gasteiger partial charge in [-0.05, 0) is 6.42 Å². The van der Waals surface area contributed by atoms with Crippen molar-refractivity contribution < 1.29 is 4.52 Å². The molecule has 1 aromatic heterocycles. The average molecular weight is 252 g/mol. The summed E-state index contributed by atoms with van der Waals surface area (Å²) in [7, 11) is 0. The van der Waals surface area contributed by atoms with Crippen molar-refractivity contribution in [3.8, 4) is 0 Å². The van der Waals surface area contributed by atoms with Crippen LogP contribution in [0.2, 0.25) is 0 Å². The average Bonchev–Trinajstić information content (AvgIpc) is 2.37. The van der Waals surface area contributed by atoms with Gasteiger partial charge in [-0.15, -0.1) is 0 Å². The summed E-state index contributed by atoms with van der Waals surface area (Å²) in [5.74, 6) is 1.55. The first-order valence-corrected chi connectivity index (χ1v) is 4.76. The topological polar surface area (TPSA) is 38.9 Å². The van der Waals surface area contributed by atoms with Crippen LogP contribution in [0.15, 0.2) is 4.52 Å². The Bertz CT molecular complexity index is 199. The van der Waals surface area contributed by atoms with Crippen molar-refractivity contribution in [2.45, 2.75) is 24.2 Å². The third-order valence-corrected chi connectivity index (χ3v) is 1.78. The highest BCUT2D eigenvalue weighted by atomic mass is 127. The molecule has 1 rings (SSSR count). The van der Waals surface area contributed by atoms with E-state index in [1.165, 1.54) is 0 Å². The van der Waals surface area contributed by atoms with E-state index in [0.717, 1.165) is 29.0 Å². The molecule has 0 aromatic carbocycles. The van der Waals surface area contributed by atoms with E-state index in [9.17, 15) is 0 Å². The Kier molecular flexibility index (Phi) is 3.11. The molecule has 0 spiro atoms. The standard InChI is InChI=1S/C6H9IN2O/c1-2-3-6-8-5(4-7)9-10-6/h2-4H2,1H3. The number of halogens is 1. The van der Waals surface area contributed by atoms with Crippen molar-refractivity contribution in [1.29, 1.82) is 0 Å². The van der Waals surface area contributed by atoms with Gasteiger partial charge in [-0.1, -0.05) is 34.7 Å². The maximum absolute atomic E-state index is 4.93. The first-order valence-electron chi connectivity index (χ1n) is 3.24. The van der Waals surface area contributed by atoms with Crippen LogP contribution in [-0.4, -0.2) is 10.1 Å². The molecule has 0 N–H and O–H groups in total. The van der Waals surface area contributed by atoms with Crippen molar-refractivity contribution in [2.75, 3.05) is 0 Å². The Hall–Kier alpha value is -0.130. The van der Waals surface area contributed by atoms with Gasteiger partial charge >= 0.3 is 0 Å². The molecule has 0 unspecified atom stereocenters. The van der Waals surface area contributed by atoms with E-state index in [1.807, 2.05) is 0 Å². The molecule has 0 aliphatic rings. The third kappa shape index (κ3) is 1.93. The fraction of sp³-hybridized carbons (Fsp3) is 0.667. The fourth-order valence-electron chi connectivity index (χ4n) is 0.660. The van der Waals surface area contributed by atoms with E-state index >= 15 is 0 Å². The lowest BCUT2D eigenvalue weighted by atomic mass is 10.3. The molecule has 56 valence electrons. The first kappa shape index (κ1) is 7.97. The maximum atomic E-state index is 4.93. The lowest BCUT2D eigenvalue weighted by Crippen LogP contribution is -1.83. The van der Waals surface area contributed by atoms with Gasteiger partial charge in [0.15, 0.2) is 5.82 Å². The largest absolute Gasteiger partial charge is 0.339 e. The summed E-state index contributed by atoms with van der Waals surface area (Å²) >= 11 is 2.21. The van der Waals surface area contributed by atoms with Gasteiger partial charge in [0.1, 0.15) is 0 Å². The minimum atomic E-state index is 0.758. The molecule has 1 heterocycles. The van der Waals surface area contributed by atoms with E-state index in [-0.39, 0.29) is 0 Å². The van der Waals surface area contributed by atoms with E-state index in [0.29, 0.717) is 0 Å². The fourth-order valence-corrected chi connectivity index (χ4v) is 0.970. The first-order chi connectivity index (χ1) is 4.86. The molecular formula is C6H9IN2O.